The number of hydrogen-bond acceptors (Lipinski definition) is 7. The van der Waals surface area contributed by atoms with Gasteiger partial charge in [0.05, 0.1) is 37.6 Å². The highest BCUT2D eigenvalue weighted by molar-refractivity contribution is 5.76. The predicted octanol–water partition coefficient (Wildman–Crippen LogP) is 5.23. The van der Waals surface area contributed by atoms with E-state index >= 15 is 0 Å². The molecule has 9 heteroatoms. The van der Waals surface area contributed by atoms with Gasteiger partial charge >= 0.3 is 5.97 Å². The normalized spacial score (nSPS) is 51.1. The number of carboxylic acids is 1. The molecule has 48 heavy (non-hydrogen) atoms. The standard InChI is InChI=1S/C39H62N2O7/c1-22-17-25(19-40-23(2)34(44)45)47-32-31(22)36(5)13-14-39-21-38(39)12-11-28(35(3,4)26(38)9-10-27(39)37(36,6)33(32)43)48-30-20-41(15-16-46-30)29(42)18-24-7-8-24/h22-28,30-33,40,43H,7-21H2,1-6H3,(H,44,45). The van der Waals surface area contributed by atoms with E-state index in [1.54, 1.807) is 6.92 Å². The Kier molecular flexibility index (Phi) is 8.02. The minimum absolute atomic E-state index is 0.00521. The first-order valence-corrected chi connectivity index (χ1v) is 19.5. The van der Waals surface area contributed by atoms with Crippen LogP contribution < -0.4 is 5.32 Å². The summed E-state index contributed by atoms with van der Waals surface area (Å²) in [6.07, 6.45) is 11.1. The molecule has 2 aliphatic heterocycles. The maximum atomic E-state index is 12.9. The summed E-state index contributed by atoms with van der Waals surface area (Å²) in [4.78, 5) is 26.3. The monoisotopic (exact) mass is 670 g/mol. The van der Waals surface area contributed by atoms with Gasteiger partial charge in [-0.3, -0.25) is 9.59 Å². The molecule has 6 saturated carbocycles. The minimum Gasteiger partial charge on any atom is -0.480 e. The maximum absolute atomic E-state index is 12.9. The quantitative estimate of drug-likeness (QED) is 0.322. The van der Waals surface area contributed by atoms with Crippen molar-refractivity contribution < 1.29 is 34.0 Å². The van der Waals surface area contributed by atoms with Crippen molar-refractivity contribution in [2.45, 2.75) is 149 Å². The Morgan fingerprint density at radius 3 is 2.48 bits per heavy atom. The molecular formula is C39H62N2O7. The van der Waals surface area contributed by atoms with Crippen molar-refractivity contribution in [1.29, 1.82) is 0 Å². The molecule has 14 atom stereocenters. The second kappa shape index (κ2) is 11.4. The summed E-state index contributed by atoms with van der Waals surface area (Å²) in [5, 5.41) is 25.0. The fourth-order valence-corrected chi connectivity index (χ4v) is 14.0. The Labute approximate surface area is 287 Å². The van der Waals surface area contributed by atoms with Crippen LogP contribution in [0.5, 0.6) is 0 Å². The number of carbonyl (C=O) groups excluding carboxylic acids is 1. The Morgan fingerprint density at radius 2 is 1.75 bits per heavy atom. The van der Waals surface area contributed by atoms with Gasteiger partial charge in [-0.2, -0.15) is 0 Å². The second-order valence-corrected chi connectivity index (χ2v) is 19.0. The van der Waals surface area contributed by atoms with Gasteiger partial charge in [0.2, 0.25) is 5.91 Å². The first kappa shape index (κ1) is 33.9. The molecule has 0 aromatic heterocycles. The first-order chi connectivity index (χ1) is 22.7. The molecule has 2 heterocycles. The molecule has 9 nitrogen and oxygen atoms in total. The van der Waals surface area contributed by atoms with Crippen LogP contribution in [0.3, 0.4) is 0 Å². The highest BCUT2D eigenvalue weighted by Crippen LogP contribution is 2.89. The van der Waals surface area contributed by atoms with Crippen molar-refractivity contribution >= 4 is 11.9 Å². The number of nitrogens with zero attached hydrogens (tertiary/aromatic N) is 1. The number of aliphatic hydroxyl groups excluding tert-OH is 1. The Balaban J connectivity index is 0.981. The largest absolute Gasteiger partial charge is 0.480 e. The van der Waals surface area contributed by atoms with Crippen LogP contribution in [0.25, 0.3) is 0 Å². The van der Waals surface area contributed by atoms with Crippen molar-refractivity contribution in [3.05, 3.63) is 0 Å². The lowest BCUT2D eigenvalue weighted by molar-refractivity contribution is -0.248. The van der Waals surface area contributed by atoms with Crippen molar-refractivity contribution in [3.8, 4) is 0 Å². The number of rotatable bonds is 8. The number of fused-ring (bicyclic) bond motifs is 4. The number of carbonyl (C=O) groups is 2. The molecule has 2 saturated heterocycles. The number of aliphatic hydroxyl groups is 1. The third-order valence-corrected chi connectivity index (χ3v) is 16.7. The van der Waals surface area contributed by atoms with Gasteiger partial charge < -0.3 is 34.6 Å². The SMILES string of the molecule is CC(NCC1CC(C)C2C(O1)C(O)C1(C)C3CCC4C(C)(C)C(OC5CN(C(=O)CC6CC6)CCO5)CCC45CC35CCC21C)C(=O)O. The van der Waals surface area contributed by atoms with E-state index in [1.165, 1.54) is 38.5 Å². The van der Waals surface area contributed by atoms with Crippen LogP contribution in [-0.4, -0.2) is 90.0 Å². The summed E-state index contributed by atoms with van der Waals surface area (Å²) < 4.78 is 19.8. The van der Waals surface area contributed by atoms with Crippen LogP contribution >= 0.6 is 0 Å². The molecule has 2 spiro atoms. The lowest BCUT2D eigenvalue weighted by Gasteiger charge is -2.64. The fourth-order valence-electron chi connectivity index (χ4n) is 14.0. The summed E-state index contributed by atoms with van der Waals surface area (Å²) in [5.74, 6) is 1.77. The molecule has 8 rings (SSSR count). The number of nitrogens with one attached hydrogen (secondary N) is 1. The topological polar surface area (TPSA) is 118 Å². The highest BCUT2D eigenvalue weighted by Gasteiger charge is 2.84. The molecule has 0 aromatic carbocycles. The Hall–Kier alpha value is -1.26. The zero-order chi connectivity index (χ0) is 34.0. The number of morpholine rings is 1. The second-order valence-electron chi connectivity index (χ2n) is 19.0. The van der Waals surface area contributed by atoms with Gasteiger partial charge in [-0.05, 0) is 122 Å². The third kappa shape index (κ3) is 4.71. The van der Waals surface area contributed by atoms with Crippen LogP contribution in [0.1, 0.15) is 112 Å². The zero-order valence-electron chi connectivity index (χ0n) is 30.3. The van der Waals surface area contributed by atoms with E-state index < -0.39 is 18.1 Å². The van der Waals surface area contributed by atoms with Gasteiger partial charge in [0.25, 0.3) is 0 Å². The Bertz CT molecular complexity index is 1300. The summed E-state index contributed by atoms with van der Waals surface area (Å²) in [6, 6.07) is -0.621. The number of aliphatic carboxylic acids is 1. The van der Waals surface area contributed by atoms with Gasteiger partial charge in [-0.15, -0.1) is 0 Å². The van der Waals surface area contributed by atoms with Crippen LogP contribution in [0, 0.1) is 56.7 Å². The predicted molar refractivity (Wildman–Crippen MR) is 180 cm³/mol. The Morgan fingerprint density at radius 1 is 1.02 bits per heavy atom. The molecule has 1 amide bonds. The van der Waals surface area contributed by atoms with Gasteiger partial charge in [0.1, 0.15) is 6.04 Å². The van der Waals surface area contributed by atoms with E-state index in [0.717, 1.165) is 25.7 Å². The summed E-state index contributed by atoms with van der Waals surface area (Å²) >= 11 is 0. The molecular weight excluding hydrogens is 608 g/mol. The lowest BCUT2D eigenvalue weighted by Crippen LogP contribution is -2.60. The zero-order valence-corrected chi connectivity index (χ0v) is 30.3. The van der Waals surface area contributed by atoms with Gasteiger partial charge in [-0.1, -0.05) is 34.6 Å². The van der Waals surface area contributed by atoms with Crippen molar-refractivity contribution in [1.82, 2.24) is 10.2 Å². The summed E-state index contributed by atoms with van der Waals surface area (Å²) in [6.45, 7) is 16.1. The lowest BCUT2D eigenvalue weighted by atomic mass is 9.41. The number of amides is 1. The van der Waals surface area contributed by atoms with E-state index in [4.69, 9.17) is 14.2 Å². The van der Waals surface area contributed by atoms with Crippen LogP contribution in [0.2, 0.25) is 0 Å². The number of hydrogen-bond donors (Lipinski definition) is 3. The molecule has 3 N–H and O–H groups in total. The van der Waals surface area contributed by atoms with Crippen LogP contribution in [0.4, 0.5) is 0 Å². The van der Waals surface area contributed by atoms with Crippen molar-refractivity contribution in [2.24, 2.45) is 56.7 Å². The average Bonchev–Trinajstić information content (AvgIpc) is 3.96. The molecule has 270 valence electrons. The van der Waals surface area contributed by atoms with Gasteiger partial charge in [0, 0.05) is 24.9 Å². The number of carboxylic acid groups (broad SMARTS) is 1. The van der Waals surface area contributed by atoms with Crippen molar-refractivity contribution in [3.63, 3.8) is 0 Å². The summed E-state index contributed by atoms with van der Waals surface area (Å²) in [7, 11) is 0. The van der Waals surface area contributed by atoms with E-state index in [-0.39, 0.29) is 52.2 Å². The van der Waals surface area contributed by atoms with Crippen LogP contribution in [-0.2, 0) is 23.8 Å². The van der Waals surface area contributed by atoms with Gasteiger partial charge in [0.15, 0.2) is 6.29 Å². The third-order valence-electron chi connectivity index (χ3n) is 16.7. The van der Waals surface area contributed by atoms with E-state index in [0.29, 0.717) is 67.7 Å². The minimum atomic E-state index is -0.851. The van der Waals surface area contributed by atoms with Crippen LogP contribution in [0.15, 0.2) is 0 Å². The molecule has 14 unspecified atom stereocenters. The maximum Gasteiger partial charge on any atom is 0.320 e. The molecule has 8 aliphatic rings. The first-order valence-electron chi connectivity index (χ1n) is 19.5. The molecule has 0 bridgehead atoms. The molecule has 0 radical (unpaired) electrons. The van der Waals surface area contributed by atoms with E-state index in [1.807, 2.05) is 4.90 Å². The van der Waals surface area contributed by atoms with E-state index in [2.05, 4.69) is 39.9 Å². The summed E-state index contributed by atoms with van der Waals surface area (Å²) in [5.41, 5.74) is 0.375. The average molecular weight is 671 g/mol. The highest BCUT2D eigenvalue weighted by atomic mass is 16.7. The molecule has 0 aromatic rings. The molecule has 6 aliphatic carbocycles. The smallest absolute Gasteiger partial charge is 0.320 e. The van der Waals surface area contributed by atoms with Gasteiger partial charge in [-0.25, -0.2) is 0 Å². The number of ether oxygens (including phenoxy) is 3. The van der Waals surface area contributed by atoms with Crippen molar-refractivity contribution in [2.75, 3.05) is 26.2 Å². The molecule has 8 fully saturated rings. The fraction of sp³-hybridized carbons (Fsp3) is 0.949. The van der Waals surface area contributed by atoms with E-state index in [9.17, 15) is 19.8 Å².